The highest BCUT2D eigenvalue weighted by atomic mass is 32.2. The van der Waals surface area contributed by atoms with Crippen molar-refractivity contribution >= 4 is 39.4 Å². The van der Waals surface area contributed by atoms with Gasteiger partial charge in [0.1, 0.15) is 15.7 Å². The summed E-state index contributed by atoms with van der Waals surface area (Å²) in [5.74, 6) is -4.48. The van der Waals surface area contributed by atoms with Crippen molar-refractivity contribution in [1.29, 1.82) is 0 Å². The van der Waals surface area contributed by atoms with E-state index in [0.29, 0.717) is 5.56 Å². The second-order valence-corrected chi connectivity index (χ2v) is 9.30. The first-order valence-electron chi connectivity index (χ1n) is 8.59. The molecule has 0 aliphatic carbocycles. The SMILES string of the molecule is BC1(c2ccc(F)c(F)c2)OC(N)=C(OS(=O)(=O)C(B)(B)c2ccccc2)C1=O. The molecule has 1 aliphatic rings. The molecule has 2 aromatic rings. The van der Waals surface area contributed by atoms with E-state index in [-0.39, 0.29) is 5.56 Å². The molecule has 3 rings (SSSR count). The third kappa shape index (κ3) is 3.41. The van der Waals surface area contributed by atoms with E-state index in [2.05, 4.69) is 0 Å². The highest BCUT2D eigenvalue weighted by molar-refractivity contribution is 7.90. The summed E-state index contributed by atoms with van der Waals surface area (Å²) in [7, 11) is -0.278. The summed E-state index contributed by atoms with van der Waals surface area (Å²) < 4.78 is 61.6. The standard InChI is InChI=1S/C17H16B3F2NO5S/c18-16(10-6-7-11(21)12(22)8-10)14(24)13(15(23)27-16)28-29(25,26)17(19,20)9-4-2-1-3-5-9/h1-8H,18-20,23H2. The maximum atomic E-state index is 13.6. The second-order valence-electron chi connectivity index (χ2n) is 7.20. The van der Waals surface area contributed by atoms with Crippen molar-refractivity contribution in [3.8, 4) is 0 Å². The van der Waals surface area contributed by atoms with E-state index >= 15 is 0 Å². The predicted molar refractivity (Wildman–Crippen MR) is 109 cm³/mol. The molecular formula is C17H16B3F2NO5S. The minimum atomic E-state index is -4.38. The molecule has 6 nitrogen and oxygen atoms in total. The van der Waals surface area contributed by atoms with Crippen LogP contribution in [-0.2, 0) is 33.9 Å². The maximum Gasteiger partial charge on any atom is 0.304 e. The van der Waals surface area contributed by atoms with Crippen LogP contribution in [-0.4, -0.2) is 37.7 Å². The third-order valence-corrected chi connectivity index (χ3v) is 6.81. The minimum absolute atomic E-state index is 0.0392. The van der Waals surface area contributed by atoms with Crippen LogP contribution in [0.3, 0.4) is 0 Å². The largest absolute Gasteiger partial charge is 0.467 e. The molecule has 1 atom stereocenters. The molecule has 0 saturated carbocycles. The zero-order valence-corrected chi connectivity index (χ0v) is 16.7. The summed E-state index contributed by atoms with van der Waals surface area (Å²) in [4.78, 5) is 12.9. The lowest BCUT2D eigenvalue weighted by Crippen LogP contribution is -2.40. The molecule has 29 heavy (non-hydrogen) atoms. The molecule has 2 N–H and O–H groups in total. The Labute approximate surface area is 169 Å². The van der Waals surface area contributed by atoms with Crippen LogP contribution >= 0.6 is 0 Å². The average Bonchev–Trinajstić information content (AvgIpc) is 2.88. The molecule has 0 amide bonds. The number of carbonyl (C=O) groups is 1. The number of Topliss-reactive ketones (excluding diaryl/α,β-unsaturated/α-hetero) is 1. The van der Waals surface area contributed by atoms with E-state index in [0.717, 1.165) is 18.2 Å². The lowest BCUT2D eigenvalue weighted by Gasteiger charge is -2.26. The summed E-state index contributed by atoms with van der Waals surface area (Å²) >= 11 is 0. The van der Waals surface area contributed by atoms with E-state index in [1.807, 2.05) is 0 Å². The van der Waals surface area contributed by atoms with Crippen LogP contribution in [0.2, 0.25) is 0 Å². The summed E-state index contributed by atoms with van der Waals surface area (Å²) in [6.07, 6.45) is 0. The Kier molecular flexibility index (Phi) is 5.02. The quantitative estimate of drug-likeness (QED) is 0.491. The Bertz CT molecular complexity index is 1130. The Morgan fingerprint density at radius 1 is 1.07 bits per heavy atom. The lowest BCUT2D eigenvalue weighted by molar-refractivity contribution is -0.126. The average molecular weight is 417 g/mol. The molecule has 1 heterocycles. The Morgan fingerprint density at radius 3 is 2.28 bits per heavy atom. The number of benzene rings is 2. The maximum absolute atomic E-state index is 13.6. The molecule has 1 unspecified atom stereocenters. The van der Waals surface area contributed by atoms with Crippen molar-refractivity contribution in [2.75, 3.05) is 0 Å². The number of rotatable bonds is 5. The fourth-order valence-electron chi connectivity index (χ4n) is 2.90. The van der Waals surface area contributed by atoms with Crippen LogP contribution in [0, 0.1) is 11.6 Å². The molecule has 0 radical (unpaired) electrons. The highest BCUT2D eigenvalue weighted by Crippen LogP contribution is 2.38. The highest BCUT2D eigenvalue weighted by Gasteiger charge is 2.51. The summed E-state index contributed by atoms with van der Waals surface area (Å²) in [5.41, 5.74) is 4.26. The van der Waals surface area contributed by atoms with Crippen molar-refractivity contribution in [2.45, 2.75) is 10.0 Å². The van der Waals surface area contributed by atoms with Crippen molar-refractivity contribution < 1.29 is 30.9 Å². The van der Waals surface area contributed by atoms with Gasteiger partial charge in [0.2, 0.25) is 17.4 Å². The van der Waals surface area contributed by atoms with Gasteiger partial charge < -0.3 is 14.7 Å². The fraction of sp³-hybridized carbons (Fsp3) is 0.118. The zero-order valence-electron chi connectivity index (χ0n) is 15.9. The Morgan fingerprint density at radius 2 is 1.69 bits per heavy atom. The van der Waals surface area contributed by atoms with Crippen LogP contribution in [0.15, 0.2) is 60.2 Å². The molecule has 12 heteroatoms. The lowest BCUT2D eigenvalue weighted by atomic mass is 9.65. The van der Waals surface area contributed by atoms with Gasteiger partial charge in [0.25, 0.3) is 0 Å². The predicted octanol–water partition coefficient (Wildman–Crippen LogP) is -1.10. The van der Waals surface area contributed by atoms with Crippen molar-refractivity contribution in [3.05, 3.63) is 82.9 Å². The van der Waals surface area contributed by atoms with Crippen LogP contribution in [0.4, 0.5) is 8.78 Å². The summed E-state index contributed by atoms with van der Waals surface area (Å²) in [6, 6.07) is 11.1. The molecule has 0 spiro atoms. The van der Waals surface area contributed by atoms with E-state index in [1.165, 1.54) is 23.5 Å². The van der Waals surface area contributed by atoms with Gasteiger partial charge in [-0.05, 0) is 23.3 Å². The van der Waals surface area contributed by atoms with Crippen LogP contribution in [0.1, 0.15) is 11.1 Å². The van der Waals surface area contributed by atoms with Gasteiger partial charge in [-0.1, -0.05) is 36.4 Å². The molecule has 148 valence electrons. The summed E-state index contributed by atoms with van der Waals surface area (Å²) in [6.45, 7) is 0. The number of hydrogen-bond acceptors (Lipinski definition) is 6. The summed E-state index contributed by atoms with van der Waals surface area (Å²) in [5, 5.41) is 0. The van der Waals surface area contributed by atoms with Gasteiger partial charge in [0, 0.05) is 0 Å². The molecular weight excluding hydrogens is 401 g/mol. The monoisotopic (exact) mass is 417 g/mol. The smallest absolute Gasteiger partial charge is 0.304 e. The van der Waals surface area contributed by atoms with E-state index in [9.17, 15) is 22.0 Å². The topological polar surface area (TPSA) is 95.7 Å². The van der Waals surface area contributed by atoms with Crippen molar-refractivity contribution in [1.82, 2.24) is 0 Å². The number of nitrogens with two attached hydrogens (primary N) is 1. The minimum Gasteiger partial charge on any atom is -0.467 e. The van der Waals surface area contributed by atoms with Crippen molar-refractivity contribution in [2.24, 2.45) is 5.73 Å². The molecule has 0 bridgehead atoms. The molecule has 0 aromatic heterocycles. The van der Waals surface area contributed by atoms with Gasteiger partial charge >= 0.3 is 10.1 Å². The molecule has 2 aromatic carbocycles. The fourth-order valence-corrected chi connectivity index (χ4v) is 3.91. The number of carbonyl (C=O) groups excluding carboxylic acids is 1. The first-order valence-corrected chi connectivity index (χ1v) is 9.99. The van der Waals surface area contributed by atoms with Gasteiger partial charge in [-0.2, -0.15) is 8.42 Å². The van der Waals surface area contributed by atoms with E-state index in [1.54, 1.807) is 30.3 Å². The zero-order chi connectivity index (χ0) is 21.6. The second kappa shape index (κ2) is 6.94. The number of ketones is 1. The van der Waals surface area contributed by atoms with Gasteiger partial charge in [0.15, 0.2) is 25.0 Å². The first-order chi connectivity index (χ1) is 13.4. The number of hydrogen-bond donors (Lipinski definition) is 1. The van der Waals surface area contributed by atoms with Crippen LogP contribution in [0.5, 0.6) is 0 Å². The van der Waals surface area contributed by atoms with Gasteiger partial charge in [-0.15, -0.1) is 0 Å². The molecule has 0 saturated heterocycles. The molecule has 0 fully saturated rings. The van der Waals surface area contributed by atoms with Crippen LogP contribution in [0.25, 0.3) is 0 Å². The number of halogens is 2. The Hall–Kier alpha value is -2.75. The molecule has 1 aliphatic heterocycles. The first kappa shape index (κ1) is 21.0. The van der Waals surface area contributed by atoms with E-state index < -0.39 is 49.2 Å². The Balaban J connectivity index is 1.95. The van der Waals surface area contributed by atoms with Gasteiger partial charge in [0.05, 0.1) is 4.55 Å². The number of ether oxygens (including phenoxy) is 1. The van der Waals surface area contributed by atoms with Crippen molar-refractivity contribution in [3.63, 3.8) is 0 Å². The normalized spacial score (nSPS) is 19.9. The van der Waals surface area contributed by atoms with Gasteiger partial charge in [-0.25, -0.2) is 8.78 Å². The van der Waals surface area contributed by atoms with Crippen LogP contribution < -0.4 is 5.73 Å². The van der Waals surface area contributed by atoms with E-state index in [4.69, 9.17) is 14.7 Å². The third-order valence-electron chi connectivity index (χ3n) is 4.93. The van der Waals surface area contributed by atoms with Gasteiger partial charge in [-0.3, -0.25) is 4.79 Å².